The smallest absolute Gasteiger partial charge is 0.191 e. The Bertz CT molecular complexity index is 533. The number of benzene rings is 1. The van der Waals surface area contributed by atoms with Gasteiger partial charge in [0.2, 0.25) is 0 Å². The Hall–Kier alpha value is -0.890. The first-order chi connectivity index (χ1) is 12.0. The van der Waals surface area contributed by atoms with Gasteiger partial charge in [0.15, 0.2) is 5.96 Å². The number of guanidine groups is 1. The molecule has 6 heteroatoms. The van der Waals surface area contributed by atoms with Gasteiger partial charge in [-0.15, -0.1) is 24.0 Å². The van der Waals surface area contributed by atoms with Gasteiger partial charge in [-0.1, -0.05) is 26.0 Å². The van der Waals surface area contributed by atoms with E-state index < -0.39 is 0 Å². The van der Waals surface area contributed by atoms with E-state index in [4.69, 9.17) is 0 Å². The van der Waals surface area contributed by atoms with Crippen LogP contribution in [0.4, 0.5) is 4.39 Å². The highest BCUT2D eigenvalue weighted by molar-refractivity contribution is 14.0. The second-order valence-electron chi connectivity index (χ2n) is 6.49. The molecule has 0 radical (unpaired) electrons. The summed E-state index contributed by atoms with van der Waals surface area (Å²) in [5, 5.41) is 6.72. The monoisotopic (exact) mass is 478 g/mol. The van der Waals surface area contributed by atoms with Crippen molar-refractivity contribution in [2.75, 3.05) is 26.2 Å². The van der Waals surface area contributed by atoms with Crippen LogP contribution in [0.5, 0.6) is 0 Å². The molecule has 0 bridgehead atoms. The predicted molar refractivity (Wildman–Crippen MR) is 121 cm³/mol. The van der Waals surface area contributed by atoms with Gasteiger partial charge in [0.25, 0.3) is 0 Å². The third kappa shape index (κ3) is 9.71. The summed E-state index contributed by atoms with van der Waals surface area (Å²) in [7, 11) is 0. The SMILES string of the molecule is CCNC(=NCc1ccc(C)c(F)c1)NC(C)CCCN(CC)CC.I. The molecule has 26 heavy (non-hydrogen) atoms. The summed E-state index contributed by atoms with van der Waals surface area (Å²) in [4.78, 5) is 7.03. The number of nitrogens with one attached hydrogen (secondary N) is 2. The maximum absolute atomic E-state index is 13.6. The zero-order valence-electron chi connectivity index (χ0n) is 16.9. The minimum absolute atomic E-state index is 0. The second-order valence-corrected chi connectivity index (χ2v) is 6.49. The predicted octanol–water partition coefficient (Wildman–Crippen LogP) is 4.32. The van der Waals surface area contributed by atoms with Crippen LogP contribution < -0.4 is 10.6 Å². The molecular formula is C20H36FIN4. The first kappa shape index (κ1) is 25.1. The van der Waals surface area contributed by atoms with E-state index in [2.05, 4.69) is 41.3 Å². The van der Waals surface area contributed by atoms with E-state index in [-0.39, 0.29) is 29.8 Å². The van der Waals surface area contributed by atoms with Crippen LogP contribution in [0.3, 0.4) is 0 Å². The van der Waals surface area contributed by atoms with Crippen LogP contribution in [-0.2, 0) is 6.54 Å². The number of hydrogen-bond donors (Lipinski definition) is 2. The molecule has 4 nitrogen and oxygen atoms in total. The molecular weight excluding hydrogens is 442 g/mol. The number of halogens is 2. The first-order valence-electron chi connectivity index (χ1n) is 9.52. The van der Waals surface area contributed by atoms with E-state index in [9.17, 15) is 4.39 Å². The van der Waals surface area contributed by atoms with Gasteiger partial charge < -0.3 is 15.5 Å². The topological polar surface area (TPSA) is 39.7 Å². The molecule has 0 aliphatic rings. The Morgan fingerprint density at radius 3 is 2.50 bits per heavy atom. The normalized spacial score (nSPS) is 12.7. The van der Waals surface area contributed by atoms with Gasteiger partial charge in [0.1, 0.15) is 5.82 Å². The molecule has 1 atom stereocenters. The lowest BCUT2D eigenvalue weighted by atomic mass is 10.1. The van der Waals surface area contributed by atoms with Crippen LogP contribution in [0.1, 0.15) is 51.7 Å². The molecule has 0 aliphatic carbocycles. The van der Waals surface area contributed by atoms with Crippen molar-refractivity contribution in [3.63, 3.8) is 0 Å². The lowest BCUT2D eigenvalue weighted by Crippen LogP contribution is -2.42. The summed E-state index contributed by atoms with van der Waals surface area (Å²) in [6, 6.07) is 5.65. The van der Waals surface area contributed by atoms with Crippen LogP contribution in [-0.4, -0.2) is 43.1 Å². The molecule has 0 amide bonds. The van der Waals surface area contributed by atoms with E-state index in [1.807, 2.05) is 13.0 Å². The number of aryl methyl sites for hydroxylation is 1. The van der Waals surface area contributed by atoms with Gasteiger partial charge in [-0.3, -0.25) is 0 Å². The fraction of sp³-hybridized carbons (Fsp3) is 0.650. The Morgan fingerprint density at radius 2 is 1.92 bits per heavy atom. The third-order valence-corrected chi connectivity index (χ3v) is 4.39. The molecule has 150 valence electrons. The first-order valence-corrected chi connectivity index (χ1v) is 9.52. The van der Waals surface area contributed by atoms with Crippen LogP contribution in [0.15, 0.2) is 23.2 Å². The second kappa shape index (κ2) is 14.2. The average molecular weight is 478 g/mol. The minimum atomic E-state index is -0.171. The number of aliphatic imine (C=N–C) groups is 1. The molecule has 2 N–H and O–H groups in total. The van der Waals surface area contributed by atoms with Crippen LogP contribution in [0, 0.1) is 12.7 Å². The average Bonchev–Trinajstić information content (AvgIpc) is 2.59. The standard InChI is InChI=1S/C20H35FN4.HI/c1-6-22-20(23-15-18-12-11-16(4)19(21)14-18)24-17(5)10-9-13-25(7-2)8-3;/h11-12,14,17H,6-10,13,15H2,1-5H3,(H2,22,23,24);1H. The highest BCUT2D eigenvalue weighted by Crippen LogP contribution is 2.10. The summed E-state index contributed by atoms with van der Waals surface area (Å²) in [6.07, 6.45) is 2.26. The summed E-state index contributed by atoms with van der Waals surface area (Å²) in [6.45, 7) is 15.0. The van der Waals surface area contributed by atoms with Crippen LogP contribution in [0.2, 0.25) is 0 Å². The van der Waals surface area contributed by atoms with E-state index in [0.717, 1.165) is 44.1 Å². The molecule has 0 saturated carbocycles. The van der Waals surface area contributed by atoms with Crippen molar-refractivity contribution >= 4 is 29.9 Å². The van der Waals surface area contributed by atoms with Gasteiger partial charge in [0.05, 0.1) is 6.54 Å². The van der Waals surface area contributed by atoms with Gasteiger partial charge in [-0.05, 0) is 70.4 Å². The molecule has 0 heterocycles. The summed E-state index contributed by atoms with van der Waals surface area (Å²) < 4.78 is 13.6. The quantitative estimate of drug-likeness (QED) is 0.299. The third-order valence-electron chi connectivity index (χ3n) is 4.39. The van der Waals surface area contributed by atoms with Crippen molar-refractivity contribution in [2.45, 2.75) is 60.0 Å². The number of nitrogens with zero attached hydrogens (tertiary/aromatic N) is 2. The van der Waals surface area contributed by atoms with Gasteiger partial charge in [-0.25, -0.2) is 9.38 Å². The van der Waals surface area contributed by atoms with E-state index in [1.54, 1.807) is 19.1 Å². The molecule has 1 unspecified atom stereocenters. The maximum Gasteiger partial charge on any atom is 0.191 e. The highest BCUT2D eigenvalue weighted by Gasteiger charge is 2.07. The van der Waals surface area contributed by atoms with Gasteiger partial charge in [-0.2, -0.15) is 0 Å². The highest BCUT2D eigenvalue weighted by atomic mass is 127. The van der Waals surface area contributed by atoms with Crippen molar-refractivity contribution in [1.29, 1.82) is 0 Å². The molecule has 1 rings (SSSR count). The molecule has 0 aromatic heterocycles. The summed E-state index contributed by atoms with van der Waals surface area (Å²) >= 11 is 0. The number of hydrogen-bond acceptors (Lipinski definition) is 2. The zero-order valence-corrected chi connectivity index (χ0v) is 19.3. The minimum Gasteiger partial charge on any atom is -0.357 e. The molecule has 0 spiro atoms. The Kier molecular flexibility index (Phi) is 13.7. The Morgan fingerprint density at radius 1 is 1.23 bits per heavy atom. The maximum atomic E-state index is 13.6. The van der Waals surface area contributed by atoms with Crippen LogP contribution >= 0.6 is 24.0 Å². The fourth-order valence-electron chi connectivity index (χ4n) is 2.69. The summed E-state index contributed by atoms with van der Waals surface area (Å²) in [5.41, 5.74) is 1.55. The molecule has 1 aromatic rings. The number of rotatable bonds is 10. The zero-order chi connectivity index (χ0) is 18.7. The van der Waals surface area contributed by atoms with Gasteiger partial charge in [0, 0.05) is 12.6 Å². The lowest BCUT2D eigenvalue weighted by Gasteiger charge is -2.21. The summed E-state index contributed by atoms with van der Waals surface area (Å²) in [5.74, 6) is 0.620. The molecule has 0 aliphatic heterocycles. The van der Waals surface area contributed by atoms with Crippen LogP contribution in [0.25, 0.3) is 0 Å². The van der Waals surface area contributed by atoms with Crippen molar-refractivity contribution in [2.24, 2.45) is 4.99 Å². The van der Waals surface area contributed by atoms with E-state index in [0.29, 0.717) is 18.2 Å². The lowest BCUT2D eigenvalue weighted by molar-refractivity contribution is 0.292. The van der Waals surface area contributed by atoms with Crippen molar-refractivity contribution in [1.82, 2.24) is 15.5 Å². The molecule has 0 saturated heterocycles. The molecule has 0 fully saturated rings. The van der Waals surface area contributed by atoms with Crippen molar-refractivity contribution in [3.8, 4) is 0 Å². The Balaban J connectivity index is 0.00000625. The fourth-order valence-corrected chi connectivity index (χ4v) is 2.69. The Labute approximate surface area is 176 Å². The van der Waals surface area contributed by atoms with Crippen molar-refractivity contribution < 1.29 is 4.39 Å². The molecule has 1 aromatic carbocycles. The van der Waals surface area contributed by atoms with E-state index in [1.165, 1.54) is 6.42 Å². The van der Waals surface area contributed by atoms with Gasteiger partial charge >= 0.3 is 0 Å². The largest absolute Gasteiger partial charge is 0.357 e. The van der Waals surface area contributed by atoms with Crippen molar-refractivity contribution in [3.05, 3.63) is 35.1 Å². The van der Waals surface area contributed by atoms with E-state index >= 15 is 0 Å².